The molecule has 4 aliphatic rings. The lowest BCUT2D eigenvalue weighted by Gasteiger charge is -2.69. The largest absolute Gasteiger partial charge is 0.457 e. The number of allylic oxidation sites excluding steroid dienone is 1. The quantitative estimate of drug-likeness (QED) is 0.314. The van der Waals surface area contributed by atoms with Crippen LogP contribution in [0, 0.1) is 39.4 Å². The Balaban J connectivity index is 1.66. The minimum atomic E-state index is -1.36. The number of hydrogen-bond acceptors (Lipinski definition) is 6. The first-order chi connectivity index (χ1) is 17.3. The molecule has 9 atom stereocenters. The SMILES string of the molecule is CC(=O)O[C@H]([C@@H](O)C[C@@H](C)C1=C2C[C@H](O)C3[C@@]4(C)CCC(=O)C(C)(C)C4CC[C@]3(C)[C@@]2(C)CC1)C(C)(C)O. The second-order valence-corrected chi connectivity index (χ2v) is 15.1. The summed E-state index contributed by atoms with van der Waals surface area (Å²) in [6, 6.07) is 0. The number of carbonyl (C=O) groups is 2. The van der Waals surface area contributed by atoms with Gasteiger partial charge in [-0.1, -0.05) is 52.7 Å². The van der Waals surface area contributed by atoms with Gasteiger partial charge < -0.3 is 20.1 Å². The highest BCUT2D eigenvalue weighted by atomic mass is 16.6. The van der Waals surface area contributed by atoms with E-state index in [2.05, 4.69) is 41.5 Å². The fourth-order valence-electron chi connectivity index (χ4n) is 10.2. The van der Waals surface area contributed by atoms with Crippen molar-refractivity contribution < 1.29 is 29.6 Å². The minimum absolute atomic E-state index is 0.0349. The van der Waals surface area contributed by atoms with Gasteiger partial charge in [0.2, 0.25) is 0 Å². The van der Waals surface area contributed by atoms with Crippen molar-refractivity contribution in [2.24, 2.45) is 39.4 Å². The molecule has 0 saturated heterocycles. The number of Topliss-reactive ketones (excluding diaryl/α,β-unsaturated/α-hetero) is 1. The second-order valence-electron chi connectivity index (χ2n) is 15.1. The Labute approximate surface area is 229 Å². The smallest absolute Gasteiger partial charge is 0.303 e. The molecule has 38 heavy (non-hydrogen) atoms. The van der Waals surface area contributed by atoms with Crippen molar-refractivity contribution in [2.75, 3.05) is 0 Å². The number of ether oxygens (including phenoxy) is 1. The summed E-state index contributed by atoms with van der Waals surface area (Å²) in [4.78, 5) is 24.6. The van der Waals surface area contributed by atoms with Crippen LogP contribution in [-0.4, -0.2) is 51.0 Å². The average Bonchev–Trinajstić information content (AvgIpc) is 3.12. The maximum Gasteiger partial charge on any atom is 0.303 e. The molecule has 0 spiro atoms. The lowest BCUT2D eigenvalue weighted by atomic mass is 9.36. The second kappa shape index (κ2) is 9.41. The van der Waals surface area contributed by atoms with E-state index >= 15 is 0 Å². The summed E-state index contributed by atoms with van der Waals surface area (Å²) in [7, 11) is 0. The Bertz CT molecular complexity index is 1010. The van der Waals surface area contributed by atoms with E-state index in [1.807, 2.05) is 0 Å². The summed E-state index contributed by atoms with van der Waals surface area (Å²) < 4.78 is 5.34. The fraction of sp³-hybridized carbons (Fsp3) is 0.875. The van der Waals surface area contributed by atoms with E-state index in [9.17, 15) is 24.9 Å². The summed E-state index contributed by atoms with van der Waals surface area (Å²) in [6.07, 6.45) is 3.98. The van der Waals surface area contributed by atoms with Gasteiger partial charge in [-0.05, 0) is 92.8 Å². The van der Waals surface area contributed by atoms with E-state index in [1.54, 1.807) is 13.8 Å². The van der Waals surface area contributed by atoms with E-state index in [-0.39, 0.29) is 39.4 Å². The van der Waals surface area contributed by atoms with E-state index in [0.717, 1.165) is 32.1 Å². The van der Waals surface area contributed by atoms with Crippen molar-refractivity contribution in [1.29, 1.82) is 0 Å². The van der Waals surface area contributed by atoms with Crippen LogP contribution >= 0.6 is 0 Å². The maximum absolute atomic E-state index is 12.9. The molecule has 216 valence electrons. The number of hydrogen-bond donors (Lipinski definition) is 3. The number of fused-ring (bicyclic) bond motifs is 5. The standard InChI is InChI=1S/C32H52O6/c1-18(16-23(35)27(29(5,6)37)38-19(2)33)20-10-14-31(8)21(20)17-22(34)26-30(7)13-12-25(36)28(3,4)24(30)11-15-32(26,31)9/h18,22-24,26-27,34-35,37H,10-17H2,1-9H3/t18-,22+,23+,24?,26?,27-,30+,31+,32+/m1/s1. The molecule has 0 heterocycles. The molecule has 0 aliphatic heterocycles. The van der Waals surface area contributed by atoms with Crippen LogP contribution in [-0.2, 0) is 14.3 Å². The van der Waals surface area contributed by atoms with E-state index in [4.69, 9.17) is 4.74 Å². The molecular weight excluding hydrogens is 480 g/mol. The number of esters is 1. The Hall–Kier alpha value is -1.24. The molecule has 4 aliphatic carbocycles. The zero-order chi connectivity index (χ0) is 28.6. The molecule has 0 aromatic rings. The molecular formula is C32H52O6. The molecule has 6 heteroatoms. The Morgan fingerprint density at radius 2 is 1.74 bits per heavy atom. The molecule has 0 aromatic heterocycles. The van der Waals surface area contributed by atoms with Gasteiger partial charge >= 0.3 is 5.97 Å². The summed E-state index contributed by atoms with van der Waals surface area (Å²) >= 11 is 0. The predicted octanol–water partition coefficient (Wildman–Crippen LogP) is 5.37. The topological polar surface area (TPSA) is 104 Å². The number of aliphatic hydroxyl groups excluding tert-OH is 2. The molecule has 2 unspecified atom stereocenters. The summed E-state index contributed by atoms with van der Waals surface area (Å²) in [5.41, 5.74) is 0.754. The Morgan fingerprint density at radius 1 is 1.11 bits per heavy atom. The maximum atomic E-state index is 12.9. The van der Waals surface area contributed by atoms with Crippen molar-refractivity contribution in [2.45, 2.75) is 138 Å². The van der Waals surface area contributed by atoms with Crippen LogP contribution in [0.5, 0.6) is 0 Å². The predicted molar refractivity (Wildman–Crippen MR) is 147 cm³/mol. The molecule has 3 N–H and O–H groups in total. The Kier molecular flexibility index (Phi) is 7.36. The van der Waals surface area contributed by atoms with E-state index < -0.39 is 29.9 Å². The van der Waals surface area contributed by atoms with Crippen molar-refractivity contribution in [1.82, 2.24) is 0 Å². The van der Waals surface area contributed by atoms with Gasteiger partial charge in [-0.15, -0.1) is 0 Å². The van der Waals surface area contributed by atoms with Gasteiger partial charge in [-0.25, -0.2) is 0 Å². The third-order valence-electron chi connectivity index (χ3n) is 12.2. The van der Waals surface area contributed by atoms with Crippen LogP contribution in [0.25, 0.3) is 0 Å². The minimum Gasteiger partial charge on any atom is -0.457 e. The molecule has 4 rings (SSSR count). The number of aliphatic hydroxyl groups is 3. The summed E-state index contributed by atoms with van der Waals surface area (Å²) in [6.45, 7) is 17.9. The van der Waals surface area contributed by atoms with Gasteiger partial charge in [0.1, 0.15) is 5.78 Å². The highest BCUT2D eigenvalue weighted by Crippen LogP contribution is 2.74. The van der Waals surface area contributed by atoms with Crippen LogP contribution in [0.2, 0.25) is 0 Å². The van der Waals surface area contributed by atoms with Crippen LogP contribution < -0.4 is 0 Å². The van der Waals surface area contributed by atoms with Gasteiger partial charge in [0.05, 0.1) is 17.8 Å². The summed E-state index contributed by atoms with van der Waals surface area (Å²) in [5.74, 6) is 0.305. The summed E-state index contributed by atoms with van der Waals surface area (Å²) in [5, 5.41) is 33.5. The molecule has 3 saturated carbocycles. The zero-order valence-electron chi connectivity index (χ0n) is 25.2. The lowest BCUT2D eigenvalue weighted by molar-refractivity contribution is -0.208. The fourth-order valence-corrected chi connectivity index (χ4v) is 10.2. The van der Waals surface area contributed by atoms with E-state index in [0.29, 0.717) is 25.0 Å². The number of ketones is 1. The highest BCUT2D eigenvalue weighted by molar-refractivity contribution is 5.85. The third-order valence-corrected chi connectivity index (χ3v) is 12.2. The normalized spacial score (nSPS) is 41.1. The first-order valence-corrected chi connectivity index (χ1v) is 14.8. The van der Waals surface area contributed by atoms with Gasteiger partial charge in [0, 0.05) is 18.8 Å². The van der Waals surface area contributed by atoms with Crippen LogP contribution in [0.1, 0.15) is 114 Å². The first-order valence-electron chi connectivity index (χ1n) is 14.8. The van der Waals surface area contributed by atoms with Crippen LogP contribution in [0.3, 0.4) is 0 Å². The molecule has 3 fully saturated rings. The van der Waals surface area contributed by atoms with Crippen molar-refractivity contribution in [3.05, 3.63) is 11.1 Å². The molecule has 0 amide bonds. The first kappa shape index (κ1) is 29.7. The van der Waals surface area contributed by atoms with Gasteiger partial charge in [0.15, 0.2) is 6.10 Å². The van der Waals surface area contributed by atoms with Gasteiger partial charge in [-0.3, -0.25) is 9.59 Å². The van der Waals surface area contributed by atoms with Crippen LogP contribution in [0.4, 0.5) is 0 Å². The number of rotatable bonds is 6. The molecule has 0 aromatic carbocycles. The Morgan fingerprint density at radius 3 is 2.32 bits per heavy atom. The van der Waals surface area contributed by atoms with Gasteiger partial charge in [-0.2, -0.15) is 0 Å². The van der Waals surface area contributed by atoms with Crippen LogP contribution in [0.15, 0.2) is 11.1 Å². The van der Waals surface area contributed by atoms with Crippen molar-refractivity contribution in [3.63, 3.8) is 0 Å². The number of carbonyl (C=O) groups excluding carboxylic acids is 2. The van der Waals surface area contributed by atoms with Crippen molar-refractivity contribution in [3.8, 4) is 0 Å². The molecule has 0 bridgehead atoms. The molecule has 0 radical (unpaired) electrons. The zero-order valence-corrected chi connectivity index (χ0v) is 25.2. The van der Waals surface area contributed by atoms with E-state index in [1.165, 1.54) is 18.1 Å². The average molecular weight is 533 g/mol. The monoisotopic (exact) mass is 532 g/mol. The van der Waals surface area contributed by atoms with Crippen molar-refractivity contribution >= 4 is 11.8 Å². The third kappa shape index (κ3) is 4.32. The van der Waals surface area contributed by atoms with Gasteiger partial charge in [0.25, 0.3) is 0 Å². The molecule has 6 nitrogen and oxygen atoms in total. The highest BCUT2D eigenvalue weighted by Gasteiger charge is 2.69. The lowest BCUT2D eigenvalue weighted by Crippen LogP contribution is -2.65.